The van der Waals surface area contributed by atoms with Gasteiger partial charge in [-0.25, -0.2) is 9.97 Å². The molecule has 0 bridgehead atoms. The Kier molecular flexibility index (Phi) is 4.15. The third kappa shape index (κ3) is 3.05. The van der Waals surface area contributed by atoms with Crippen molar-refractivity contribution in [3.05, 3.63) is 41.1 Å². The van der Waals surface area contributed by atoms with Crippen molar-refractivity contribution in [1.29, 1.82) is 0 Å². The highest BCUT2D eigenvalue weighted by Gasteiger charge is 2.18. The van der Waals surface area contributed by atoms with Gasteiger partial charge in [-0.3, -0.25) is 0 Å². The van der Waals surface area contributed by atoms with Crippen molar-refractivity contribution >= 4 is 5.82 Å². The van der Waals surface area contributed by atoms with E-state index >= 15 is 0 Å². The first-order valence-corrected chi connectivity index (χ1v) is 7.56. The topological polar surface area (TPSA) is 47.0 Å². The average Bonchev–Trinajstić information content (AvgIpc) is 2.53. The normalized spacial score (nSPS) is 13.8. The highest BCUT2D eigenvalue weighted by molar-refractivity contribution is 5.60. The van der Waals surface area contributed by atoms with Crippen molar-refractivity contribution < 1.29 is 4.74 Å². The molecule has 2 aromatic rings. The van der Waals surface area contributed by atoms with E-state index < -0.39 is 0 Å². The molecule has 0 saturated carbocycles. The summed E-state index contributed by atoms with van der Waals surface area (Å²) in [5, 5.41) is 3.41. The van der Waals surface area contributed by atoms with Crippen LogP contribution in [0, 0.1) is 6.92 Å². The molecule has 21 heavy (non-hydrogen) atoms. The molecule has 0 saturated heterocycles. The molecule has 110 valence electrons. The van der Waals surface area contributed by atoms with E-state index in [0.717, 1.165) is 54.5 Å². The monoisotopic (exact) mass is 283 g/mol. The van der Waals surface area contributed by atoms with Crippen LogP contribution in [0.4, 0.5) is 5.82 Å². The Morgan fingerprint density at radius 1 is 1.19 bits per heavy atom. The van der Waals surface area contributed by atoms with E-state index in [1.54, 1.807) is 0 Å². The lowest BCUT2D eigenvalue weighted by Crippen LogP contribution is -2.17. The number of fused-ring (bicyclic) bond motifs is 1. The summed E-state index contributed by atoms with van der Waals surface area (Å²) in [6, 6.07) is 8.36. The largest absolute Gasteiger partial charge is 0.376 e. The van der Waals surface area contributed by atoms with Gasteiger partial charge in [0.15, 0.2) is 5.82 Å². The molecule has 1 aromatic carbocycles. The van der Waals surface area contributed by atoms with Crippen molar-refractivity contribution in [3.8, 4) is 11.4 Å². The first-order chi connectivity index (χ1) is 10.3. The van der Waals surface area contributed by atoms with Gasteiger partial charge in [0.2, 0.25) is 0 Å². The number of hydrogen-bond donors (Lipinski definition) is 1. The van der Waals surface area contributed by atoms with Gasteiger partial charge in [-0.05, 0) is 13.3 Å². The quantitative estimate of drug-likeness (QED) is 0.934. The number of hydrogen-bond acceptors (Lipinski definition) is 4. The average molecular weight is 283 g/mol. The van der Waals surface area contributed by atoms with Gasteiger partial charge in [-0.2, -0.15) is 0 Å². The first kappa shape index (κ1) is 14.0. The number of benzene rings is 1. The highest BCUT2D eigenvalue weighted by atomic mass is 16.5. The molecular weight excluding hydrogens is 262 g/mol. The van der Waals surface area contributed by atoms with Gasteiger partial charge >= 0.3 is 0 Å². The summed E-state index contributed by atoms with van der Waals surface area (Å²) in [6.07, 6.45) is 1.93. The van der Waals surface area contributed by atoms with Crippen LogP contribution in [0.5, 0.6) is 0 Å². The maximum atomic E-state index is 5.56. The van der Waals surface area contributed by atoms with E-state index in [1.165, 1.54) is 5.56 Å². The number of anilines is 1. The zero-order valence-corrected chi connectivity index (χ0v) is 12.6. The SMILES string of the molecule is CCCNc1nc(-c2ccc(C)cc2)nc2c1COCC2. The van der Waals surface area contributed by atoms with Gasteiger partial charge in [0.05, 0.1) is 18.9 Å². The summed E-state index contributed by atoms with van der Waals surface area (Å²) in [5.74, 6) is 1.73. The van der Waals surface area contributed by atoms with Crippen LogP contribution in [0.2, 0.25) is 0 Å². The Balaban J connectivity index is 2.02. The third-order valence-electron chi connectivity index (χ3n) is 3.67. The van der Waals surface area contributed by atoms with Crippen LogP contribution in [0.3, 0.4) is 0 Å². The molecule has 3 rings (SSSR count). The lowest BCUT2D eigenvalue weighted by atomic mass is 10.1. The van der Waals surface area contributed by atoms with Crippen molar-refractivity contribution in [2.24, 2.45) is 0 Å². The van der Waals surface area contributed by atoms with Crippen LogP contribution in [0.1, 0.15) is 30.2 Å². The molecule has 0 amide bonds. The van der Waals surface area contributed by atoms with Crippen molar-refractivity contribution in [1.82, 2.24) is 9.97 Å². The fourth-order valence-corrected chi connectivity index (χ4v) is 2.45. The molecule has 0 spiro atoms. The van der Waals surface area contributed by atoms with Crippen LogP contribution in [0.25, 0.3) is 11.4 Å². The van der Waals surface area contributed by atoms with E-state index in [2.05, 4.69) is 43.4 Å². The van der Waals surface area contributed by atoms with Crippen LogP contribution in [-0.2, 0) is 17.8 Å². The second kappa shape index (κ2) is 6.22. The van der Waals surface area contributed by atoms with Gasteiger partial charge in [0.1, 0.15) is 5.82 Å². The van der Waals surface area contributed by atoms with Crippen LogP contribution < -0.4 is 5.32 Å². The van der Waals surface area contributed by atoms with E-state index in [1.807, 2.05) is 0 Å². The van der Waals surface area contributed by atoms with Gasteiger partial charge < -0.3 is 10.1 Å². The van der Waals surface area contributed by atoms with Gasteiger partial charge in [0, 0.05) is 24.1 Å². The molecule has 1 aliphatic rings. The van der Waals surface area contributed by atoms with E-state index in [4.69, 9.17) is 14.7 Å². The molecule has 4 nitrogen and oxygen atoms in total. The lowest BCUT2D eigenvalue weighted by Gasteiger charge is -2.20. The Morgan fingerprint density at radius 2 is 2.00 bits per heavy atom. The number of ether oxygens (including phenoxy) is 1. The fraction of sp³-hybridized carbons (Fsp3) is 0.412. The predicted molar refractivity (Wildman–Crippen MR) is 84.3 cm³/mol. The van der Waals surface area contributed by atoms with Crippen LogP contribution >= 0.6 is 0 Å². The zero-order chi connectivity index (χ0) is 14.7. The summed E-state index contributed by atoms with van der Waals surface area (Å²) < 4.78 is 5.56. The number of rotatable bonds is 4. The van der Waals surface area contributed by atoms with Crippen molar-refractivity contribution in [3.63, 3.8) is 0 Å². The Morgan fingerprint density at radius 3 is 2.76 bits per heavy atom. The molecule has 4 heteroatoms. The summed E-state index contributed by atoms with van der Waals surface area (Å²) in [5.41, 5.74) is 4.54. The molecular formula is C17H21N3O. The lowest BCUT2D eigenvalue weighted by molar-refractivity contribution is 0.109. The Bertz CT molecular complexity index is 623. The van der Waals surface area contributed by atoms with E-state index in [9.17, 15) is 0 Å². The molecule has 0 unspecified atom stereocenters. The summed E-state index contributed by atoms with van der Waals surface area (Å²) in [6.45, 7) is 6.50. The predicted octanol–water partition coefficient (Wildman–Crippen LogP) is 3.35. The zero-order valence-electron chi connectivity index (χ0n) is 12.6. The number of aromatic nitrogens is 2. The van der Waals surface area contributed by atoms with E-state index in [0.29, 0.717) is 6.61 Å². The summed E-state index contributed by atoms with van der Waals surface area (Å²) in [4.78, 5) is 9.47. The minimum absolute atomic E-state index is 0.607. The standard InChI is InChI=1S/C17H21N3O/c1-3-9-18-17-14-11-21-10-8-15(14)19-16(20-17)13-6-4-12(2)5-7-13/h4-7H,3,8-11H2,1-2H3,(H,18,19,20). The Hall–Kier alpha value is -1.94. The summed E-state index contributed by atoms with van der Waals surface area (Å²) in [7, 11) is 0. The minimum atomic E-state index is 0.607. The van der Waals surface area contributed by atoms with E-state index in [-0.39, 0.29) is 0 Å². The molecule has 0 aliphatic carbocycles. The molecule has 0 atom stereocenters. The van der Waals surface area contributed by atoms with Crippen LogP contribution in [-0.4, -0.2) is 23.1 Å². The first-order valence-electron chi connectivity index (χ1n) is 7.56. The molecule has 0 fully saturated rings. The molecule has 2 heterocycles. The number of aryl methyl sites for hydroxylation is 1. The van der Waals surface area contributed by atoms with Crippen molar-refractivity contribution in [2.75, 3.05) is 18.5 Å². The van der Waals surface area contributed by atoms with Gasteiger partial charge in [-0.1, -0.05) is 36.8 Å². The molecule has 1 aromatic heterocycles. The van der Waals surface area contributed by atoms with Crippen molar-refractivity contribution in [2.45, 2.75) is 33.3 Å². The minimum Gasteiger partial charge on any atom is -0.376 e. The second-order valence-corrected chi connectivity index (χ2v) is 5.42. The fourth-order valence-electron chi connectivity index (χ4n) is 2.45. The maximum absolute atomic E-state index is 5.56. The number of nitrogens with zero attached hydrogens (tertiary/aromatic N) is 2. The summed E-state index contributed by atoms with van der Waals surface area (Å²) >= 11 is 0. The Labute approximate surface area is 125 Å². The number of nitrogens with one attached hydrogen (secondary N) is 1. The van der Waals surface area contributed by atoms with Crippen LogP contribution in [0.15, 0.2) is 24.3 Å². The molecule has 1 N–H and O–H groups in total. The molecule has 1 aliphatic heterocycles. The third-order valence-corrected chi connectivity index (χ3v) is 3.67. The highest BCUT2D eigenvalue weighted by Crippen LogP contribution is 2.26. The maximum Gasteiger partial charge on any atom is 0.161 e. The smallest absolute Gasteiger partial charge is 0.161 e. The molecule has 0 radical (unpaired) electrons. The van der Waals surface area contributed by atoms with Gasteiger partial charge in [-0.15, -0.1) is 0 Å². The second-order valence-electron chi connectivity index (χ2n) is 5.42. The van der Waals surface area contributed by atoms with Gasteiger partial charge in [0.25, 0.3) is 0 Å².